The topological polar surface area (TPSA) is 55.4 Å². The normalized spacial score (nSPS) is 11.7. The van der Waals surface area contributed by atoms with Gasteiger partial charge in [0.05, 0.1) is 5.02 Å². The van der Waals surface area contributed by atoms with E-state index in [-0.39, 0.29) is 11.7 Å². The van der Waals surface area contributed by atoms with Gasteiger partial charge in [-0.25, -0.2) is 0 Å². The van der Waals surface area contributed by atoms with Gasteiger partial charge in [0, 0.05) is 16.3 Å². The Hall–Kier alpha value is -2.04. The summed E-state index contributed by atoms with van der Waals surface area (Å²) in [4.78, 5) is 23.4. The second-order valence-corrected chi connectivity index (χ2v) is 5.80. The van der Waals surface area contributed by atoms with E-state index in [1.54, 1.807) is 49.4 Å². The van der Waals surface area contributed by atoms with Crippen LogP contribution in [0.2, 0.25) is 10.0 Å². The Morgan fingerprint density at radius 1 is 1.09 bits per heavy atom. The van der Waals surface area contributed by atoms with E-state index < -0.39 is 6.10 Å². The minimum Gasteiger partial charge on any atom is -0.479 e. The number of hydrogen-bond acceptors (Lipinski definition) is 3. The van der Waals surface area contributed by atoms with E-state index in [0.717, 1.165) is 0 Å². The van der Waals surface area contributed by atoms with Crippen molar-refractivity contribution in [3.63, 3.8) is 0 Å². The van der Waals surface area contributed by atoms with Crippen LogP contribution in [-0.2, 0) is 4.79 Å². The van der Waals surface area contributed by atoms with Crippen molar-refractivity contribution in [2.24, 2.45) is 0 Å². The van der Waals surface area contributed by atoms with E-state index in [2.05, 4.69) is 5.32 Å². The van der Waals surface area contributed by atoms with Crippen molar-refractivity contribution in [3.8, 4) is 5.75 Å². The van der Waals surface area contributed by atoms with Crippen molar-refractivity contribution in [3.05, 3.63) is 58.1 Å². The maximum atomic E-state index is 12.1. The van der Waals surface area contributed by atoms with E-state index in [4.69, 9.17) is 27.9 Å². The van der Waals surface area contributed by atoms with E-state index in [1.807, 2.05) is 0 Å². The second kappa shape index (κ2) is 7.49. The number of rotatable bonds is 5. The van der Waals surface area contributed by atoms with Crippen LogP contribution in [0.1, 0.15) is 24.2 Å². The highest BCUT2D eigenvalue weighted by molar-refractivity contribution is 6.35. The van der Waals surface area contributed by atoms with E-state index in [9.17, 15) is 9.59 Å². The summed E-state index contributed by atoms with van der Waals surface area (Å²) in [5.41, 5.74) is 1.16. The molecule has 1 N–H and O–H groups in total. The Morgan fingerprint density at radius 3 is 2.30 bits per heavy atom. The van der Waals surface area contributed by atoms with Gasteiger partial charge < -0.3 is 10.1 Å². The van der Waals surface area contributed by atoms with Crippen molar-refractivity contribution in [2.45, 2.75) is 20.0 Å². The lowest BCUT2D eigenvalue weighted by Crippen LogP contribution is -2.30. The number of nitrogens with one attached hydrogen (secondary N) is 1. The zero-order valence-electron chi connectivity index (χ0n) is 12.6. The molecule has 0 aliphatic rings. The molecule has 0 aromatic heterocycles. The smallest absolute Gasteiger partial charge is 0.265 e. The van der Waals surface area contributed by atoms with Crippen LogP contribution in [0.5, 0.6) is 5.75 Å². The number of amides is 1. The molecule has 1 amide bonds. The summed E-state index contributed by atoms with van der Waals surface area (Å²) >= 11 is 11.8. The van der Waals surface area contributed by atoms with Gasteiger partial charge in [-0.1, -0.05) is 23.2 Å². The second-order valence-electron chi connectivity index (χ2n) is 4.96. The van der Waals surface area contributed by atoms with E-state index in [0.29, 0.717) is 27.0 Å². The first-order valence-corrected chi connectivity index (χ1v) is 7.66. The molecule has 4 nitrogen and oxygen atoms in total. The molecule has 120 valence electrons. The summed E-state index contributed by atoms with van der Waals surface area (Å²) in [6, 6.07) is 11.4. The number of halogens is 2. The molecular weight excluding hydrogens is 337 g/mol. The van der Waals surface area contributed by atoms with Crippen molar-refractivity contribution in [2.75, 3.05) is 5.32 Å². The van der Waals surface area contributed by atoms with Gasteiger partial charge in [0.2, 0.25) is 0 Å². The van der Waals surface area contributed by atoms with Crippen molar-refractivity contribution < 1.29 is 14.3 Å². The van der Waals surface area contributed by atoms with Gasteiger partial charge in [-0.3, -0.25) is 9.59 Å². The van der Waals surface area contributed by atoms with Crippen LogP contribution >= 0.6 is 23.2 Å². The lowest BCUT2D eigenvalue weighted by atomic mass is 10.1. The molecule has 0 aliphatic carbocycles. The van der Waals surface area contributed by atoms with Crippen molar-refractivity contribution >= 4 is 40.6 Å². The number of anilines is 1. The predicted octanol–water partition coefficient (Wildman–Crippen LogP) is 4.60. The van der Waals surface area contributed by atoms with Crippen LogP contribution in [0.4, 0.5) is 5.69 Å². The van der Waals surface area contributed by atoms with Gasteiger partial charge in [0.25, 0.3) is 5.91 Å². The molecule has 2 aromatic rings. The Balaban J connectivity index is 2.00. The van der Waals surface area contributed by atoms with Gasteiger partial charge in [0.15, 0.2) is 11.9 Å². The summed E-state index contributed by atoms with van der Waals surface area (Å²) in [6.07, 6.45) is -0.749. The molecule has 0 fully saturated rings. The highest BCUT2D eigenvalue weighted by atomic mass is 35.5. The fraction of sp³-hybridized carbons (Fsp3) is 0.176. The van der Waals surface area contributed by atoms with Crippen LogP contribution in [0.15, 0.2) is 42.5 Å². The van der Waals surface area contributed by atoms with E-state index >= 15 is 0 Å². The molecule has 0 heterocycles. The highest BCUT2D eigenvalue weighted by Crippen LogP contribution is 2.28. The molecule has 0 saturated carbocycles. The average Bonchev–Trinajstić information content (AvgIpc) is 2.50. The molecule has 0 bridgehead atoms. The van der Waals surface area contributed by atoms with E-state index in [1.165, 1.54) is 6.92 Å². The van der Waals surface area contributed by atoms with Gasteiger partial charge in [0.1, 0.15) is 5.75 Å². The minimum absolute atomic E-state index is 0.0306. The summed E-state index contributed by atoms with van der Waals surface area (Å²) in [5, 5.41) is 3.54. The SMILES string of the molecule is CC(=O)c1ccc(NC(=O)[C@@H](C)Oc2ccc(Cl)cc2Cl)cc1. The zero-order chi connectivity index (χ0) is 17.0. The fourth-order valence-electron chi connectivity index (χ4n) is 1.85. The van der Waals surface area contributed by atoms with Crippen LogP contribution in [0.25, 0.3) is 0 Å². The molecule has 1 atom stereocenters. The third-order valence-corrected chi connectivity index (χ3v) is 3.66. The highest BCUT2D eigenvalue weighted by Gasteiger charge is 2.16. The number of ketones is 1. The largest absolute Gasteiger partial charge is 0.479 e. The summed E-state index contributed by atoms with van der Waals surface area (Å²) in [5.74, 6) is 0.0224. The maximum absolute atomic E-state index is 12.1. The molecule has 0 spiro atoms. The first kappa shape index (κ1) is 17.3. The Bertz CT molecular complexity index is 729. The average molecular weight is 352 g/mol. The van der Waals surface area contributed by atoms with Crippen molar-refractivity contribution in [1.82, 2.24) is 0 Å². The minimum atomic E-state index is -0.749. The van der Waals surface area contributed by atoms with Crippen LogP contribution in [-0.4, -0.2) is 17.8 Å². The molecule has 2 rings (SSSR count). The quantitative estimate of drug-likeness (QED) is 0.800. The number of Topliss-reactive ketones (excluding diaryl/α,β-unsaturated/α-hetero) is 1. The standard InChI is InChI=1S/C17H15Cl2NO3/c1-10(21)12-3-6-14(7-4-12)20-17(22)11(2)23-16-8-5-13(18)9-15(16)19/h3-9,11H,1-2H3,(H,20,22)/t11-/m1/s1. The molecule has 23 heavy (non-hydrogen) atoms. The maximum Gasteiger partial charge on any atom is 0.265 e. The number of hydrogen-bond donors (Lipinski definition) is 1. The van der Waals surface area contributed by atoms with Crippen LogP contribution < -0.4 is 10.1 Å². The Kier molecular flexibility index (Phi) is 5.64. The van der Waals surface area contributed by atoms with Gasteiger partial charge in [-0.15, -0.1) is 0 Å². The van der Waals surface area contributed by atoms with Crippen molar-refractivity contribution in [1.29, 1.82) is 0 Å². The van der Waals surface area contributed by atoms with Gasteiger partial charge in [-0.2, -0.15) is 0 Å². The van der Waals surface area contributed by atoms with Gasteiger partial charge >= 0.3 is 0 Å². The Labute approximate surface area is 144 Å². The number of benzene rings is 2. The van der Waals surface area contributed by atoms with Crippen LogP contribution in [0, 0.1) is 0 Å². The molecule has 6 heteroatoms. The molecule has 0 unspecified atom stereocenters. The molecule has 0 saturated heterocycles. The lowest BCUT2D eigenvalue weighted by molar-refractivity contribution is -0.122. The van der Waals surface area contributed by atoms with Crippen LogP contribution in [0.3, 0.4) is 0 Å². The molecule has 0 aliphatic heterocycles. The number of carbonyl (C=O) groups excluding carboxylic acids is 2. The first-order valence-electron chi connectivity index (χ1n) is 6.90. The number of carbonyl (C=O) groups is 2. The first-order chi connectivity index (χ1) is 10.9. The summed E-state index contributed by atoms with van der Waals surface area (Å²) < 4.78 is 5.54. The zero-order valence-corrected chi connectivity index (χ0v) is 14.1. The monoisotopic (exact) mass is 351 g/mol. The molecule has 2 aromatic carbocycles. The summed E-state index contributed by atoms with van der Waals surface area (Å²) in [7, 11) is 0. The number of ether oxygens (including phenoxy) is 1. The molecule has 0 radical (unpaired) electrons. The fourth-order valence-corrected chi connectivity index (χ4v) is 2.30. The predicted molar refractivity (Wildman–Crippen MR) is 91.6 cm³/mol. The van der Waals surface area contributed by atoms with Gasteiger partial charge in [-0.05, 0) is 56.3 Å². The third-order valence-electron chi connectivity index (χ3n) is 3.13. The molecular formula is C17H15Cl2NO3. The third kappa shape index (κ3) is 4.71. The lowest BCUT2D eigenvalue weighted by Gasteiger charge is -2.16. The Morgan fingerprint density at radius 2 is 1.74 bits per heavy atom. The summed E-state index contributed by atoms with van der Waals surface area (Å²) in [6.45, 7) is 3.10.